The van der Waals surface area contributed by atoms with Crippen molar-refractivity contribution in [1.82, 2.24) is 15.3 Å². The van der Waals surface area contributed by atoms with E-state index in [-0.39, 0.29) is 28.5 Å². The molecular weight excluding hydrogens is 506 g/mol. The molecule has 14 heteroatoms. The van der Waals surface area contributed by atoms with Gasteiger partial charge in [-0.15, -0.1) is 0 Å². The van der Waals surface area contributed by atoms with Crippen LogP contribution in [0.2, 0.25) is 0 Å². The van der Waals surface area contributed by atoms with Gasteiger partial charge < -0.3 is 26.0 Å². The number of H-pyrrole nitrogens is 2. The molecule has 7 N–H and O–H groups in total. The van der Waals surface area contributed by atoms with Crippen molar-refractivity contribution in [2.45, 2.75) is 17.7 Å². The summed E-state index contributed by atoms with van der Waals surface area (Å²) in [6.07, 6.45) is -0.232. The van der Waals surface area contributed by atoms with Gasteiger partial charge in [0.15, 0.2) is 5.17 Å². The van der Waals surface area contributed by atoms with Gasteiger partial charge in [0.1, 0.15) is 22.6 Å². The number of phenols is 1. The number of hydrogen-bond donors (Lipinski definition) is 7. The largest absolute Gasteiger partial charge is 0.508 e. The van der Waals surface area contributed by atoms with Crippen LogP contribution in [0.5, 0.6) is 11.6 Å². The molecule has 0 radical (unpaired) electrons. The first-order valence-electron chi connectivity index (χ1n) is 10.6. The molecule has 2 atom stereocenters. The fourth-order valence-corrected chi connectivity index (χ4v) is 4.49. The minimum absolute atomic E-state index is 0.0537. The second kappa shape index (κ2) is 10.4. The van der Waals surface area contributed by atoms with Crippen molar-refractivity contribution in [2.24, 2.45) is 4.99 Å². The maximum absolute atomic E-state index is 12.5. The Balaban J connectivity index is 1.55. The molecule has 0 bridgehead atoms. The number of carboxylic acid groups (broad SMARTS) is 1. The Morgan fingerprint density at radius 1 is 1.00 bits per heavy atom. The first-order valence-corrected chi connectivity index (χ1v) is 11.5. The van der Waals surface area contributed by atoms with E-state index >= 15 is 0 Å². The van der Waals surface area contributed by atoms with Gasteiger partial charge in [-0.3, -0.25) is 24.4 Å². The number of aromatic amines is 2. The number of anilines is 1. The van der Waals surface area contributed by atoms with Crippen LogP contribution in [0, 0.1) is 0 Å². The third kappa shape index (κ3) is 5.87. The number of thioether (sulfide) groups is 1. The van der Waals surface area contributed by atoms with Crippen molar-refractivity contribution in [2.75, 3.05) is 5.32 Å². The monoisotopic (exact) mass is 525 g/mol. The molecule has 3 aromatic rings. The van der Waals surface area contributed by atoms with Crippen molar-refractivity contribution in [1.29, 1.82) is 0 Å². The number of aromatic hydroxyl groups is 2. The molecule has 37 heavy (non-hydrogen) atoms. The molecule has 1 saturated heterocycles. The SMILES string of the molecule is O=C(C[C@@H]1SC(=N[C@H](c2ccc(O)cc2)c2c(O)[nH]c(=O)[nH]c2=O)NC1=O)Nc1ccc(C(=O)O)cc1. The molecule has 0 spiro atoms. The number of phenolic OH excluding ortho intramolecular Hbond substituents is 1. The van der Waals surface area contributed by atoms with E-state index in [2.05, 4.69) is 20.6 Å². The molecule has 1 aromatic heterocycles. The number of hydrogen-bond acceptors (Lipinski definition) is 9. The first-order chi connectivity index (χ1) is 17.6. The molecule has 1 fully saturated rings. The zero-order valence-electron chi connectivity index (χ0n) is 18.7. The van der Waals surface area contributed by atoms with E-state index in [1.807, 2.05) is 4.98 Å². The summed E-state index contributed by atoms with van der Waals surface area (Å²) in [4.78, 5) is 68.4. The van der Waals surface area contributed by atoms with Crippen LogP contribution in [0.25, 0.3) is 0 Å². The minimum atomic E-state index is -1.18. The number of aliphatic imine (C=N–C) groups is 1. The summed E-state index contributed by atoms with van der Waals surface area (Å²) < 4.78 is 0. The van der Waals surface area contributed by atoms with Crippen LogP contribution in [0.4, 0.5) is 5.69 Å². The van der Waals surface area contributed by atoms with Gasteiger partial charge in [0.2, 0.25) is 17.7 Å². The predicted octanol–water partition coefficient (Wildman–Crippen LogP) is 0.878. The van der Waals surface area contributed by atoms with Crippen molar-refractivity contribution < 1.29 is 29.7 Å². The molecule has 2 amide bonds. The third-order valence-corrected chi connectivity index (χ3v) is 6.35. The van der Waals surface area contributed by atoms with Crippen LogP contribution in [-0.4, -0.2) is 53.5 Å². The van der Waals surface area contributed by atoms with Crippen LogP contribution in [-0.2, 0) is 9.59 Å². The van der Waals surface area contributed by atoms with Gasteiger partial charge in [0.05, 0.1) is 5.56 Å². The lowest BCUT2D eigenvalue weighted by Crippen LogP contribution is -2.29. The molecule has 0 unspecified atom stereocenters. The van der Waals surface area contributed by atoms with Crippen molar-refractivity contribution in [3.05, 3.63) is 86.1 Å². The number of carbonyl (C=O) groups is 3. The maximum Gasteiger partial charge on any atom is 0.335 e. The predicted molar refractivity (Wildman–Crippen MR) is 133 cm³/mol. The van der Waals surface area contributed by atoms with E-state index in [1.165, 1.54) is 48.5 Å². The summed E-state index contributed by atoms with van der Waals surface area (Å²) in [5.74, 6) is -2.88. The Morgan fingerprint density at radius 3 is 2.30 bits per heavy atom. The number of amides is 2. The number of aromatic nitrogens is 2. The average Bonchev–Trinajstić information content (AvgIpc) is 3.17. The van der Waals surface area contributed by atoms with Gasteiger partial charge in [-0.25, -0.2) is 14.6 Å². The zero-order chi connectivity index (χ0) is 26.7. The maximum atomic E-state index is 12.5. The number of benzene rings is 2. The molecule has 2 heterocycles. The highest BCUT2D eigenvalue weighted by Crippen LogP contribution is 2.32. The Hall–Kier alpha value is -4.85. The summed E-state index contributed by atoms with van der Waals surface area (Å²) in [6.45, 7) is 0. The zero-order valence-corrected chi connectivity index (χ0v) is 19.5. The molecule has 0 saturated carbocycles. The van der Waals surface area contributed by atoms with Gasteiger partial charge in [-0.05, 0) is 42.0 Å². The molecule has 2 aromatic carbocycles. The molecule has 4 rings (SSSR count). The number of amidine groups is 1. The molecule has 1 aliphatic rings. The van der Waals surface area contributed by atoms with Gasteiger partial charge in [-0.1, -0.05) is 23.9 Å². The minimum Gasteiger partial charge on any atom is -0.508 e. The fraction of sp³-hybridized carbons (Fsp3) is 0.130. The highest BCUT2D eigenvalue weighted by atomic mass is 32.2. The molecule has 190 valence electrons. The lowest BCUT2D eigenvalue weighted by molar-refractivity contribution is -0.122. The summed E-state index contributed by atoms with van der Waals surface area (Å²) in [5.41, 5.74) is -1.34. The summed E-state index contributed by atoms with van der Waals surface area (Å²) in [5, 5.41) is 33.2. The Labute approximate surface area is 211 Å². The normalized spacial score (nSPS) is 16.8. The fourth-order valence-electron chi connectivity index (χ4n) is 3.49. The molecule has 13 nitrogen and oxygen atoms in total. The summed E-state index contributed by atoms with van der Waals surface area (Å²) in [7, 11) is 0. The third-order valence-electron chi connectivity index (χ3n) is 5.25. The quantitative estimate of drug-likeness (QED) is 0.233. The van der Waals surface area contributed by atoms with Crippen molar-refractivity contribution in [3.63, 3.8) is 0 Å². The van der Waals surface area contributed by atoms with Gasteiger partial charge >= 0.3 is 11.7 Å². The number of nitrogens with one attached hydrogen (secondary N) is 4. The Bertz CT molecular complexity index is 1510. The molecular formula is C23H19N5O8S. The number of aromatic carboxylic acids is 1. The van der Waals surface area contributed by atoms with E-state index < -0.39 is 46.2 Å². The van der Waals surface area contributed by atoms with Crippen LogP contribution in [0.15, 0.2) is 63.1 Å². The van der Waals surface area contributed by atoms with Crippen LogP contribution in [0.1, 0.15) is 33.9 Å². The second-order valence-corrected chi connectivity index (χ2v) is 9.02. The lowest BCUT2D eigenvalue weighted by atomic mass is 10.0. The van der Waals surface area contributed by atoms with Crippen LogP contribution >= 0.6 is 11.8 Å². The lowest BCUT2D eigenvalue weighted by Gasteiger charge is -2.14. The highest BCUT2D eigenvalue weighted by molar-refractivity contribution is 8.15. The standard InChI is InChI=1S/C23H19N5O8S/c29-13-7-3-10(4-8-13)17(16-19(32)26-22(36)27-20(16)33)25-23-28-18(31)14(37-23)9-15(30)24-12-5-1-11(2-6-12)21(34)35/h1-8,14,17,29H,9H2,(H,24,30)(H,34,35)(H,25,28,31)(H3,26,27,32,33,36)/t14-,17+/m0/s1. The first kappa shape index (κ1) is 25.2. The van der Waals surface area contributed by atoms with Gasteiger partial charge in [0.25, 0.3) is 5.56 Å². The average molecular weight is 525 g/mol. The van der Waals surface area contributed by atoms with E-state index in [9.17, 15) is 34.2 Å². The van der Waals surface area contributed by atoms with Crippen molar-refractivity contribution >= 4 is 40.4 Å². The summed E-state index contributed by atoms with van der Waals surface area (Å²) >= 11 is 0.935. The highest BCUT2D eigenvalue weighted by Gasteiger charge is 2.34. The number of carbonyl (C=O) groups excluding carboxylic acids is 2. The second-order valence-electron chi connectivity index (χ2n) is 7.83. The Morgan fingerprint density at radius 2 is 1.68 bits per heavy atom. The smallest absolute Gasteiger partial charge is 0.335 e. The number of nitrogens with zero attached hydrogens (tertiary/aromatic N) is 1. The van der Waals surface area contributed by atoms with E-state index in [1.54, 1.807) is 0 Å². The molecule has 1 aliphatic heterocycles. The van der Waals surface area contributed by atoms with E-state index in [0.29, 0.717) is 11.3 Å². The van der Waals surface area contributed by atoms with Gasteiger partial charge in [0, 0.05) is 12.1 Å². The van der Waals surface area contributed by atoms with Crippen LogP contribution in [0.3, 0.4) is 0 Å². The number of rotatable bonds is 7. The van der Waals surface area contributed by atoms with Crippen LogP contribution < -0.4 is 21.9 Å². The van der Waals surface area contributed by atoms with E-state index in [0.717, 1.165) is 11.8 Å². The Kier molecular flexibility index (Phi) is 7.11. The topological polar surface area (TPSA) is 214 Å². The van der Waals surface area contributed by atoms with Gasteiger partial charge in [-0.2, -0.15) is 0 Å². The summed E-state index contributed by atoms with van der Waals surface area (Å²) in [6, 6.07) is 9.93. The van der Waals surface area contributed by atoms with E-state index in [4.69, 9.17) is 5.11 Å². The molecule has 0 aliphatic carbocycles. The van der Waals surface area contributed by atoms with Crippen molar-refractivity contribution in [3.8, 4) is 11.6 Å². The number of carboxylic acids is 1.